The Labute approximate surface area is 155 Å². The third-order valence-corrected chi connectivity index (χ3v) is 4.87. The highest BCUT2D eigenvalue weighted by Gasteiger charge is 2.20. The van der Waals surface area contributed by atoms with Crippen molar-refractivity contribution >= 4 is 11.7 Å². The van der Waals surface area contributed by atoms with E-state index >= 15 is 0 Å². The molecule has 1 aliphatic rings. The Kier molecular flexibility index (Phi) is 6.17. The molecule has 0 saturated carbocycles. The maximum Gasteiger partial charge on any atom is 0.274 e. The number of nitrogens with zero attached hydrogens (tertiary/aromatic N) is 5. The standard InChI is InChI=1S/C20H27N5O/c1-3-24(4-2)20(26)18-10-11-19(22-21-18)25-14-12-23(13-15-25)16-17-8-6-5-7-9-17/h5-11H,3-4,12-16H2,1-2H3. The van der Waals surface area contributed by atoms with Crippen LogP contribution in [0.2, 0.25) is 0 Å². The molecule has 0 spiro atoms. The Morgan fingerprint density at radius 3 is 2.23 bits per heavy atom. The molecule has 1 aromatic carbocycles. The second kappa shape index (κ2) is 8.76. The zero-order valence-corrected chi connectivity index (χ0v) is 15.6. The first-order chi connectivity index (χ1) is 12.7. The van der Waals surface area contributed by atoms with E-state index in [0.29, 0.717) is 18.8 Å². The summed E-state index contributed by atoms with van der Waals surface area (Å²) >= 11 is 0. The molecule has 0 bridgehead atoms. The normalized spacial score (nSPS) is 15.1. The molecular weight excluding hydrogens is 326 g/mol. The van der Waals surface area contributed by atoms with Crippen LogP contribution in [0.5, 0.6) is 0 Å². The Balaban J connectivity index is 1.55. The molecule has 3 rings (SSSR count). The second-order valence-corrected chi connectivity index (χ2v) is 6.50. The van der Waals surface area contributed by atoms with E-state index < -0.39 is 0 Å². The molecule has 1 amide bonds. The molecule has 1 saturated heterocycles. The highest BCUT2D eigenvalue weighted by Crippen LogP contribution is 2.15. The van der Waals surface area contributed by atoms with Gasteiger partial charge in [0.25, 0.3) is 5.91 Å². The number of benzene rings is 1. The van der Waals surface area contributed by atoms with E-state index in [1.807, 2.05) is 19.9 Å². The number of hydrogen-bond donors (Lipinski definition) is 0. The van der Waals surface area contributed by atoms with Crippen molar-refractivity contribution in [3.05, 3.63) is 53.7 Å². The number of piperazine rings is 1. The van der Waals surface area contributed by atoms with E-state index in [1.165, 1.54) is 5.56 Å². The van der Waals surface area contributed by atoms with Crippen LogP contribution in [0.1, 0.15) is 29.9 Å². The van der Waals surface area contributed by atoms with Gasteiger partial charge in [0.05, 0.1) is 0 Å². The van der Waals surface area contributed by atoms with Crippen molar-refractivity contribution in [1.29, 1.82) is 0 Å². The van der Waals surface area contributed by atoms with E-state index in [4.69, 9.17) is 0 Å². The fraction of sp³-hybridized carbons (Fsp3) is 0.450. The minimum absolute atomic E-state index is 0.0540. The Morgan fingerprint density at radius 2 is 1.65 bits per heavy atom. The quantitative estimate of drug-likeness (QED) is 0.797. The smallest absolute Gasteiger partial charge is 0.274 e. The van der Waals surface area contributed by atoms with Gasteiger partial charge in [0.15, 0.2) is 11.5 Å². The molecule has 0 N–H and O–H groups in total. The summed E-state index contributed by atoms with van der Waals surface area (Å²) in [6.45, 7) is 10.1. The largest absolute Gasteiger partial charge is 0.353 e. The molecule has 2 aromatic rings. The van der Waals surface area contributed by atoms with Crippen molar-refractivity contribution in [2.24, 2.45) is 0 Å². The number of carbonyl (C=O) groups excluding carboxylic acids is 1. The van der Waals surface area contributed by atoms with Gasteiger partial charge in [-0.2, -0.15) is 0 Å². The second-order valence-electron chi connectivity index (χ2n) is 6.50. The van der Waals surface area contributed by atoms with Gasteiger partial charge in [-0.15, -0.1) is 10.2 Å². The minimum Gasteiger partial charge on any atom is -0.353 e. The Bertz CT molecular complexity index is 692. The van der Waals surface area contributed by atoms with Crippen LogP contribution in [-0.4, -0.2) is 65.2 Å². The fourth-order valence-corrected chi connectivity index (χ4v) is 3.26. The lowest BCUT2D eigenvalue weighted by atomic mass is 10.2. The summed E-state index contributed by atoms with van der Waals surface area (Å²) in [5.41, 5.74) is 1.76. The summed E-state index contributed by atoms with van der Waals surface area (Å²) in [5, 5.41) is 8.45. The summed E-state index contributed by atoms with van der Waals surface area (Å²) < 4.78 is 0. The van der Waals surface area contributed by atoms with E-state index in [0.717, 1.165) is 38.5 Å². The number of amides is 1. The van der Waals surface area contributed by atoms with Crippen LogP contribution < -0.4 is 4.90 Å². The lowest BCUT2D eigenvalue weighted by Gasteiger charge is -2.35. The lowest BCUT2D eigenvalue weighted by molar-refractivity contribution is 0.0766. The number of rotatable bonds is 6. The number of anilines is 1. The number of carbonyl (C=O) groups is 1. The third-order valence-electron chi connectivity index (χ3n) is 4.87. The lowest BCUT2D eigenvalue weighted by Crippen LogP contribution is -2.46. The summed E-state index contributed by atoms with van der Waals surface area (Å²) in [6.07, 6.45) is 0. The molecule has 0 unspecified atom stereocenters. The van der Waals surface area contributed by atoms with E-state index in [1.54, 1.807) is 11.0 Å². The first-order valence-corrected chi connectivity index (χ1v) is 9.35. The molecule has 26 heavy (non-hydrogen) atoms. The first kappa shape index (κ1) is 18.3. The van der Waals surface area contributed by atoms with Gasteiger partial charge in [-0.25, -0.2) is 0 Å². The van der Waals surface area contributed by atoms with Crippen LogP contribution in [0.25, 0.3) is 0 Å². The summed E-state index contributed by atoms with van der Waals surface area (Å²) in [7, 11) is 0. The Morgan fingerprint density at radius 1 is 0.962 bits per heavy atom. The summed E-state index contributed by atoms with van der Waals surface area (Å²) in [5.74, 6) is 0.794. The highest BCUT2D eigenvalue weighted by atomic mass is 16.2. The van der Waals surface area contributed by atoms with Gasteiger partial charge >= 0.3 is 0 Å². The molecule has 0 atom stereocenters. The maximum atomic E-state index is 12.3. The predicted molar refractivity (Wildman–Crippen MR) is 103 cm³/mol. The molecule has 6 heteroatoms. The molecule has 1 fully saturated rings. The average molecular weight is 353 g/mol. The van der Waals surface area contributed by atoms with Crippen LogP contribution in [0.15, 0.2) is 42.5 Å². The zero-order chi connectivity index (χ0) is 18.4. The maximum absolute atomic E-state index is 12.3. The van der Waals surface area contributed by atoms with E-state index in [-0.39, 0.29) is 5.91 Å². The van der Waals surface area contributed by atoms with E-state index in [9.17, 15) is 4.79 Å². The predicted octanol–water partition coefficient (Wildman–Crippen LogP) is 2.28. The van der Waals surface area contributed by atoms with Gasteiger partial charge in [-0.1, -0.05) is 30.3 Å². The van der Waals surface area contributed by atoms with Crippen molar-refractivity contribution in [2.75, 3.05) is 44.2 Å². The molecule has 138 valence electrons. The van der Waals surface area contributed by atoms with Crippen LogP contribution >= 0.6 is 0 Å². The van der Waals surface area contributed by atoms with Crippen LogP contribution in [0, 0.1) is 0 Å². The fourth-order valence-electron chi connectivity index (χ4n) is 3.26. The van der Waals surface area contributed by atoms with Crippen molar-refractivity contribution in [1.82, 2.24) is 20.0 Å². The minimum atomic E-state index is -0.0540. The molecule has 0 radical (unpaired) electrons. The Hall–Kier alpha value is -2.47. The van der Waals surface area contributed by atoms with Crippen molar-refractivity contribution in [2.45, 2.75) is 20.4 Å². The monoisotopic (exact) mass is 353 g/mol. The van der Waals surface area contributed by atoms with E-state index in [2.05, 4.69) is 50.3 Å². The first-order valence-electron chi connectivity index (χ1n) is 9.35. The van der Waals surface area contributed by atoms with Crippen molar-refractivity contribution < 1.29 is 4.79 Å². The van der Waals surface area contributed by atoms with Gasteiger partial charge in [0.1, 0.15) is 0 Å². The number of hydrogen-bond acceptors (Lipinski definition) is 5. The molecule has 1 aliphatic heterocycles. The zero-order valence-electron chi connectivity index (χ0n) is 15.6. The topological polar surface area (TPSA) is 52.6 Å². The summed E-state index contributed by atoms with van der Waals surface area (Å²) in [4.78, 5) is 18.8. The van der Waals surface area contributed by atoms with Crippen LogP contribution in [-0.2, 0) is 6.54 Å². The van der Waals surface area contributed by atoms with Crippen molar-refractivity contribution in [3.63, 3.8) is 0 Å². The van der Waals surface area contributed by atoms with Crippen LogP contribution in [0.4, 0.5) is 5.82 Å². The van der Waals surface area contributed by atoms with Crippen molar-refractivity contribution in [3.8, 4) is 0 Å². The molecule has 6 nitrogen and oxygen atoms in total. The molecule has 1 aromatic heterocycles. The molecular formula is C20H27N5O. The molecule has 0 aliphatic carbocycles. The van der Waals surface area contributed by atoms with Gasteiger partial charge < -0.3 is 9.80 Å². The summed E-state index contributed by atoms with van der Waals surface area (Å²) in [6, 6.07) is 14.3. The highest BCUT2D eigenvalue weighted by molar-refractivity contribution is 5.92. The van der Waals surface area contributed by atoms with Gasteiger partial charge in [0.2, 0.25) is 0 Å². The van der Waals surface area contributed by atoms with Gasteiger partial charge in [-0.05, 0) is 31.5 Å². The average Bonchev–Trinajstić information content (AvgIpc) is 2.70. The van der Waals surface area contributed by atoms with Gasteiger partial charge in [0, 0.05) is 45.8 Å². The van der Waals surface area contributed by atoms with Gasteiger partial charge in [-0.3, -0.25) is 9.69 Å². The third kappa shape index (κ3) is 4.38. The van der Waals surface area contributed by atoms with Crippen LogP contribution in [0.3, 0.4) is 0 Å². The number of aromatic nitrogens is 2. The molecule has 2 heterocycles. The SMILES string of the molecule is CCN(CC)C(=O)c1ccc(N2CCN(Cc3ccccc3)CC2)nn1.